The van der Waals surface area contributed by atoms with Gasteiger partial charge in [-0.25, -0.2) is 4.79 Å². The Kier molecular flexibility index (Phi) is 3.48. The largest absolute Gasteiger partial charge is 0.423 e. The van der Waals surface area contributed by atoms with E-state index in [1.165, 1.54) is 11.0 Å². The van der Waals surface area contributed by atoms with Crippen molar-refractivity contribution in [2.24, 2.45) is 5.92 Å². The Hall–Kier alpha value is -2.22. The highest BCUT2D eigenvalue weighted by molar-refractivity contribution is 7.86. The molecule has 0 spiro atoms. The monoisotopic (exact) mass is 325 g/mol. The number of hydrogen-bond donors (Lipinski definition) is 0. The average Bonchev–Trinajstić information content (AvgIpc) is 2.76. The summed E-state index contributed by atoms with van der Waals surface area (Å²) < 4.78 is 39.2. The first kappa shape index (κ1) is 14.7. The van der Waals surface area contributed by atoms with Crippen LogP contribution < -0.4 is 10.5 Å². The molecule has 1 aliphatic heterocycles. The SMILES string of the molecule is O=C1CC(CS(=O)(=O)F)CN1c1ccc2oc(=O)ccc2c1. The van der Waals surface area contributed by atoms with Crippen LogP contribution in [0.3, 0.4) is 0 Å². The molecular formula is C14H12FNO5S. The predicted molar refractivity (Wildman–Crippen MR) is 77.8 cm³/mol. The molecule has 2 aromatic rings. The summed E-state index contributed by atoms with van der Waals surface area (Å²) in [6.45, 7) is 0.143. The molecule has 1 unspecified atom stereocenters. The van der Waals surface area contributed by atoms with Crippen LogP contribution in [0.2, 0.25) is 0 Å². The highest BCUT2D eigenvalue weighted by Crippen LogP contribution is 2.28. The molecule has 0 saturated carbocycles. The summed E-state index contributed by atoms with van der Waals surface area (Å²) in [6, 6.07) is 7.70. The number of benzene rings is 1. The van der Waals surface area contributed by atoms with E-state index in [0.717, 1.165) is 0 Å². The summed E-state index contributed by atoms with van der Waals surface area (Å²) in [4.78, 5) is 24.5. The molecule has 1 aromatic heterocycles. The van der Waals surface area contributed by atoms with Crippen molar-refractivity contribution in [2.75, 3.05) is 17.2 Å². The van der Waals surface area contributed by atoms with Crippen LogP contribution in [0.15, 0.2) is 39.5 Å². The lowest BCUT2D eigenvalue weighted by Crippen LogP contribution is -2.25. The van der Waals surface area contributed by atoms with Gasteiger partial charge in [0.1, 0.15) is 5.58 Å². The van der Waals surface area contributed by atoms with Gasteiger partial charge < -0.3 is 9.32 Å². The predicted octanol–water partition coefficient (Wildman–Crippen LogP) is 1.45. The highest BCUT2D eigenvalue weighted by atomic mass is 32.3. The van der Waals surface area contributed by atoms with Crippen molar-refractivity contribution in [2.45, 2.75) is 6.42 Å². The number of hydrogen-bond acceptors (Lipinski definition) is 5. The summed E-state index contributed by atoms with van der Waals surface area (Å²) in [5.41, 5.74) is 0.488. The van der Waals surface area contributed by atoms with Gasteiger partial charge in [-0.3, -0.25) is 4.79 Å². The van der Waals surface area contributed by atoms with Crippen LogP contribution in [0.4, 0.5) is 9.57 Å². The van der Waals surface area contributed by atoms with E-state index in [4.69, 9.17) is 4.42 Å². The summed E-state index contributed by atoms with van der Waals surface area (Å²) in [7, 11) is -4.60. The van der Waals surface area contributed by atoms with E-state index in [0.29, 0.717) is 16.7 Å². The van der Waals surface area contributed by atoms with Crippen LogP contribution in [-0.2, 0) is 15.0 Å². The minimum atomic E-state index is -4.60. The maximum absolute atomic E-state index is 12.7. The van der Waals surface area contributed by atoms with Gasteiger partial charge >= 0.3 is 15.8 Å². The molecule has 3 rings (SSSR count). The third-order valence-electron chi connectivity index (χ3n) is 3.55. The number of rotatable bonds is 3. The number of halogens is 1. The topological polar surface area (TPSA) is 84.7 Å². The van der Waals surface area contributed by atoms with Crippen LogP contribution >= 0.6 is 0 Å². The van der Waals surface area contributed by atoms with Crippen molar-refractivity contribution in [3.63, 3.8) is 0 Å². The second kappa shape index (κ2) is 5.20. The zero-order valence-electron chi connectivity index (χ0n) is 11.4. The molecule has 0 N–H and O–H groups in total. The Bertz CT molecular complexity index is 905. The van der Waals surface area contributed by atoms with Crippen molar-refractivity contribution in [1.29, 1.82) is 0 Å². The standard InChI is InChI=1S/C14H12FNO5S/c15-22(19,20)8-9-5-13(17)16(7-9)11-2-3-12-10(6-11)1-4-14(18)21-12/h1-4,6,9H,5,7-8H2. The molecule has 1 atom stereocenters. The first-order valence-corrected chi connectivity index (χ1v) is 8.14. The molecule has 8 heteroatoms. The van der Waals surface area contributed by atoms with Gasteiger partial charge in [-0.2, -0.15) is 8.42 Å². The molecule has 1 fully saturated rings. The van der Waals surface area contributed by atoms with Gasteiger partial charge in [-0.05, 0) is 24.3 Å². The van der Waals surface area contributed by atoms with Gasteiger partial charge in [0.15, 0.2) is 0 Å². The maximum atomic E-state index is 12.7. The van der Waals surface area contributed by atoms with Crippen LogP contribution in [0, 0.1) is 5.92 Å². The minimum absolute atomic E-state index is 0.00887. The van der Waals surface area contributed by atoms with E-state index in [1.807, 2.05) is 0 Å². The molecule has 1 aromatic carbocycles. The fourth-order valence-electron chi connectivity index (χ4n) is 2.65. The summed E-state index contributed by atoms with van der Waals surface area (Å²) in [6.07, 6.45) is -0.00887. The van der Waals surface area contributed by atoms with Gasteiger partial charge in [0.05, 0.1) is 5.75 Å². The van der Waals surface area contributed by atoms with Crippen LogP contribution in [0.1, 0.15) is 6.42 Å². The van der Waals surface area contributed by atoms with E-state index < -0.39 is 27.5 Å². The number of amides is 1. The van der Waals surface area contributed by atoms with Crippen molar-refractivity contribution in [1.82, 2.24) is 0 Å². The maximum Gasteiger partial charge on any atom is 0.336 e. The third-order valence-corrected chi connectivity index (χ3v) is 4.42. The average molecular weight is 325 g/mol. The molecule has 1 saturated heterocycles. The summed E-state index contributed by atoms with van der Waals surface area (Å²) >= 11 is 0. The van der Waals surface area contributed by atoms with Gasteiger partial charge in [0.2, 0.25) is 5.91 Å². The van der Waals surface area contributed by atoms with Crippen LogP contribution in [0.5, 0.6) is 0 Å². The second-order valence-corrected chi connectivity index (χ2v) is 6.67. The van der Waals surface area contributed by atoms with E-state index in [2.05, 4.69) is 0 Å². The second-order valence-electron chi connectivity index (χ2n) is 5.26. The van der Waals surface area contributed by atoms with Crippen LogP contribution in [0.25, 0.3) is 11.0 Å². The molecular weight excluding hydrogens is 313 g/mol. The molecule has 1 amide bonds. The summed E-state index contributed by atoms with van der Waals surface area (Å²) in [5.74, 6) is -1.48. The van der Waals surface area contributed by atoms with E-state index in [9.17, 15) is 21.9 Å². The van der Waals surface area contributed by atoms with E-state index in [-0.39, 0.29) is 18.9 Å². The Morgan fingerprint density at radius 1 is 1.23 bits per heavy atom. The lowest BCUT2D eigenvalue weighted by atomic mass is 10.1. The molecule has 0 radical (unpaired) electrons. The minimum Gasteiger partial charge on any atom is -0.423 e. The number of fused-ring (bicyclic) bond motifs is 1. The van der Waals surface area contributed by atoms with Gasteiger partial charge in [-0.1, -0.05) is 0 Å². The smallest absolute Gasteiger partial charge is 0.336 e. The number of anilines is 1. The molecule has 0 bridgehead atoms. The van der Waals surface area contributed by atoms with E-state index >= 15 is 0 Å². The van der Waals surface area contributed by atoms with Gasteiger partial charge in [0, 0.05) is 36.0 Å². The first-order chi connectivity index (χ1) is 10.3. The first-order valence-electron chi connectivity index (χ1n) is 6.58. The Labute approximate surface area is 125 Å². The number of carbonyl (C=O) groups excluding carboxylic acids is 1. The molecule has 2 heterocycles. The fourth-order valence-corrected chi connectivity index (χ4v) is 3.44. The van der Waals surface area contributed by atoms with Crippen molar-refractivity contribution >= 4 is 32.8 Å². The van der Waals surface area contributed by atoms with Gasteiger partial charge in [0.25, 0.3) is 0 Å². The lowest BCUT2D eigenvalue weighted by molar-refractivity contribution is -0.117. The molecule has 6 nitrogen and oxygen atoms in total. The molecule has 1 aliphatic rings. The third kappa shape index (κ3) is 3.01. The molecule has 0 aliphatic carbocycles. The number of carbonyl (C=O) groups is 1. The fraction of sp³-hybridized carbons (Fsp3) is 0.286. The van der Waals surface area contributed by atoms with Crippen molar-refractivity contribution in [3.8, 4) is 0 Å². The Morgan fingerprint density at radius 2 is 2.00 bits per heavy atom. The summed E-state index contributed by atoms with van der Waals surface area (Å²) in [5, 5.41) is 0.645. The van der Waals surface area contributed by atoms with Crippen molar-refractivity contribution < 1.29 is 21.5 Å². The lowest BCUT2D eigenvalue weighted by Gasteiger charge is -2.16. The van der Waals surface area contributed by atoms with Gasteiger partial charge in [-0.15, -0.1) is 3.89 Å². The zero-order chi connectivity index (χ0) is 15.9. The van der Waals surface area contributed by atoms with Crippen molar-refractivity contribution in [3.05, 3.63) is 40.8 Å². The molecule has 22 heavy (non-hydrogen) atoms. The number of nitrogens with zero attached hydrogens (tertiary/aromatic N) is 1. The normalized spacial score (nSPS) is 19.0. The Morgan fingerprint density at radius 3 is 2.73 bits per heavy atom. The highest BCUT2D eigenvalue weighted by Gasteiger charge is 2.33. The zero-order valence-corrected chi connectivity index (χ0v) is 12.2. The van der Waals surface area contributed by atoms with E-state index in [1.54, 1.807) is 24.3 Å². The molecule has 116 valence electrons. The Balaban J connectivity index is 1.89. The van der Waals surface area contributed by atoms with Crippen LogP contribution in [-0.4, -0.2) is 26.6 Å². The quantitative estimate of drug-likeness (QED) is 0.630.